The van der Waals surface area contributed by atoms with Crippen molar-refractivity contribution in [1.29, 1.82) is 0 Å². The lowest BCUT2D eigenvalue weighted by Gasteiger charge is -2.08. The highest BCUT2D eigenvalue weighted by Crippen LogP contribution is 2.28. The SMILES string of the molecule is COc1cccc(NC(=O)NCc2ccc(C(O)c3ccco3)s2)c1. The van der Waals surface area contributed by atoms with Gasteiger partial charge in [0.05, 0.1) is 19.9 Å². The molecule has 7 heteroatoms. The van der Waals surface area contributed by atoms with Crippen molar-refractivity contribution in [3.8, 4) is 5.75 Å². The minimum absolute atomic E-state index is 0.310. The van der Waals surface area contributed by atoms with E-state index in [4.69, 9.17) is 9.15 Å². The number of carbonyl (C=O) groups is 1. The molecule has 0 aliphatic heterocycles. The molecule has 0 fully saturated rings. The number of urea groups is 1. The van der Waals surface area contributed by atoms with E-state index in [1.54, 1.807) is 43.5 Å². The lowest BCUT2D eigenvalue weighted by Crippen LogP contribution is -2.27. The van der Waals surface area contributed by atoms with Crippen molar-refractivity contribution in [3.63, 3.8) is 0 Å². The van der Waals surface area contributed by atoms with Crippen LogP contribution in [0.15, 0.2) is 59.2 Å². The Morgan fingerprint density at radius 3 is 2.92 bits per heavy atom. The van der Waals surface area contributed by atoms with Gasteiger partial charge in [0.2, 0.25) is 0 Å². The number of nitrogens with one attached hydrogen (secondary N) is 2. The van der Waals surface area contributed by atoms with E-state index in [0.717, 1.165) is 9.75 Å². The lowest BCUT2D eigenvalue weighted by atomic mass is 10.2. The third-order valence-electron chi connectivity index (χ3n) is 3.52. The van der Waals surface area contributed by atoms with Gasteiger partial charge in [-0.1, -0.05) is 6.07 Å². The number of ether oxygens (including phenoxy) is 1. The molecule has 3 aromatic rings. The molecule has 0 saturated carbocycles. The fourth-order valence-electron chi connectivity index (χ4n) is 2.27. The molecule has 0 aliphatic rings. The summed E-state index contributed by atoms with van der Waals surface area (Å²) in [5.41, 5.74) is 0.650. The molecular weight excluding hydrogens is 340 g/mol. The molecule has 3 rings (SSSR count). The molecule has 0 aliphatic carbocycles. The van der Waals surface area contributed by atoms with Crippen LogP contribution in [0, 0.1) is 0 Å². The van der Waals surface area contributed by atoms with Crippen LogP contribution >= 0.6 is 11.3 Å². The Kier molecular flexibility index (Phi) is 5.37. The van der Waals surface area contributed by atoms with Gasteiger partial charge < -0.3 is 24.9 Å². The number of furan rings is 1. The summed E-state index contributed by atoms with van der Waals surface area (Å²) < 4.78 is 10.3. The summed E-state index contributed by atoms with van der Waals surface area (Å²) in [4.78, 5) is 13.7. The number of benzene rings is 1. The zero-order valence-electron chi connectivity index (χ0n) is 13.6. The summed E-state index contributed by atoms with van der Waals surface area (Å²) in [6.45, 7) is 0.366. The summed E-state index contributed by atoms with van der Waals surface area (Å²) in [7, 11) is 1.57. The van der Waals surface area contributed by atoms with Crippen LogP contribution in [-0.2, 0) is 6.54 Å². The average molecular weight is 358 g/mol. The number of anilines is 1. The fourth-order valence-corrected chi connectivity index (χ4v) is 3.21. The van der Waals surface area contributed by atoms with Crippen molar-refractivity contribution >= 4 is 23.1 Å². The van der Waals surface area contributed by atoms with Crippen LogP contribution in [0.25, 0.3) is 0 Å². The van der Waals surface area contributed by atoms with Gasteiger partial charge in [-0.3, -0.25) is 0 Å². The molecule has 1 atom stereocenters. The van der Waals surface area contributed by atoms with Crippen molar-refractivity contribution in [2.45, 2.75) is 12.6 Å². The van der Waals surface area contributed by atoms with Gasteiger partial charge in [0.15, 0.2) is 0 Å². The summed E-state index contributed by atoms with van der Waals surface area (Å²) in [6, 6.07) is 14.0. The molecule has 6 nitrogen and oxygen atoms in total. The summed E-state index contributed by atoms with van der Waals surface area (Å²) >= 11 is 1.42. The molecular formula is C18H18N2O4S. The topological polar surface area (TPSA) is 83.7 Å². The second-order valence-electron chi connectivity index (χ2n) is 5.26. The Labute approximate surface area is 149 Å². The summed E-state index contributed by atoms with van der Waals surface area (Å²) in [5.74, 6) is 1.17. The van der Waals surface area contributed by atoms with Gasteiger partial charge >= 0.3 is 6.03 Å². The first-order valence-corrected chi connectivity index (χ1v) is 8.46. The van der Waals surface area contributed by atoms with Crippen LogP contribution in [0.3, 0.4) is 0 Å². The zero-order chi connectivity index (χ0) is 17.6. The van der Waals surface area contributed by atoms with Crippen LogP contribution < -0.4 is 15.4 Å². The third kappa shape index (κ3) is 4.40. The molecule has 2 heterocycles. The molecule has 0 saturated heterocycles. The Morgan fingerprint density at radius 2 is 2.16 bits per heavy atom. The molecule has 0 spiro atoms. The van der Waals surface area contributed by atoms with Crippen molar-refractivity contribution in [2.75, 3.05) is 12.4 Å². The van der Waals surface area contributed by atoms with Gasteiger partial charge in [0.25, 0.3) is 0 Å². The molecule has 3 N–H and O–H groups in total. The van der Waals surface area contributed by atoms with Gasteiger partial charge in [-0.15, -0.1) is 11.3 Å². The Morgan fingerprint density at radius 1 is 1.28 bits per heavy atom. The van der Waals surface area contributed by atoms with Crippen LogP contribution in [-0.4, -0.2) is 18.2 Å². The number of hydrogen-bond donors (Lipinski definition) is 3. The second-order valence-corrected chi connectivity index (χ2v) is 6.46. The van der Waals surface area contributed by atoms with Crippen molar-refractivity contribution in [3.05, 3.63) is 70.3 Å². The van der Waals surface area contributed by atoms with E-state index in [1.807, 2.05) is 12.1 Å². The van der Waals surface area contributed by atoms with Gasteiger partial charge in [-0.25, -0.2) is 4.79 Å². The molecule has 130 valence electrons. The normalized spacial score (nSPS) is 11.8. The van der Waals surface area contributed by atoms with E-state index in [2.05, 4.69) is 10.6 Å². The molecule has 0 radical (unpaired) electrons. The van der Waals surface area contributed by atoms with E-state index in [0.29, 0.717) is 23.7 Å². The molecule has 2 amide bonds. The van der Waals surface area contributed by atoms with Crippen molar-refractivity contribution in [2.24, 2.45) is 0 Å². The number of amides is 2. The molecule has 2 aromatic heterocycles. The fraction of sp³-hybridized carbons (Fsp3) is 0.167. The quantitative estimate of drug-likeness (QED) is 0.626. The summed E-state index contributed by atoms with van der Waals surface area (Å²) in [6.07, 6.45) is 0.733. The van der Waals surface area contributed by atoms with Gasteiger partial charge in [0.1, 0.15) is 17.6 Å². The number of carbonyl (C=O) groups excluding carboxylic acids is 1. The zero-order valence-corrected chi connectivity index (χ0v) is 14.4. The van der Waals surface area contributed by atoms with Gasteiger partial charge in [-0.2, -0.15) is 0 Å². The Hall–Kier alpha value is -2.77. The smallest absolute Gasteiger partial charge is 0.319 e. The van der Waals surface area contributed by atoms with E-state index in [9.17, 15) is 9.90 Å². The van der Waals surface area contributed by atoms with Gasteiger partial charge in [-0.05, 0) is 36.4 Å². The lowest BCUT2D eigenvalue weighted by molar-refractivity contribution is 0.193. The summed E-state index contributed by atoms with van der Waals surface area (Å²) in [5, 5.41) is 15.8. The highest BCUT2D eigenvalue weighted by atomic mass is 32.1. The van der Waals surface area contributed by atoms with Crippen LogP contribution in [0.5, 0.6) is 5.75 Å². The Balaban J connectivity index is 1.54. The maximum atomic E-state index is 12.0. The maximum Gasteiger partial charge on any atom is 0.319 e. The first-order chi connectivity index (χ1) is 12.2. The highest BCUT2D eigenvalue weighted by molar-refractivity contribution is 7.12. The minimum atomic E-state index is -0.792. The van der Waals surface area contributed by atoms with Crippen molar-refractivity contribution < 1.29 is 19.1 Å². The van der Waals surface area contributed by atoms with Crippen LogP contribution in [0.1, 0.15) is 21.6 Å². The maximum absolute atomic E-state index is 12.0. The highest BCUT2D eigenvalue weighted by Gasteiger charge is 2.15. The van der Waals surface area contributed by atoms with Crippen LogP contribution in [0.2, 0.25) is 0 Å². The predicted octanol–water partition coefficient (Wildman–Crippen LogP) is 3.75. The second kappa shape index (κ2) is 7.87. The first kappa shape index (κ1) is 17.1. The van der Waals surface area contributed by atoms with Crippen molar-refractivity contribution in [1.82, 2.24) is 5.32 Å². The number of hydrogen-bond acceptors (Lipinski definition) is 5. The number of thiophene rings is 1. The minimum Gasteiger partial charge on any atom is -0.497 e. The number of aliphatic hydroxyl groups excluding tert-OH is 1. The largest absolute Gasteiger partial charge is 0.497 e. The number of methoxy groups -OCH3 is 1. The monoisotopic (exact) mass is 358 g/mol. The number of aliphatic hydroxyl groups is 1. The molecule has 25 heavy (non-hydrogen) atoms. The Bertz CT molecular complexity index is 829. The molecule has 1 aromatic carbocycles. The van der Waals surface area contributed by atoms with E-state index >= 15 is 0 Å². The predicted molar refractivity (Wildman–Crippen MR) is 95.9 cm³/mol. The van der Waals surface area contributed by atoms with Gasteiger partial charge in [0, 0.05) is 21.5 Å². The van der Waals surface area contributed by atoms with E-state index < -0.39 is 6.10 Å². The standard InChI is InChI=1S/C18H18N2O4S/c1-23-13-5-2-4-12(10-13)20-18(22)19-11-14-7-8-16(25-14)17(21)15-6-3-9-24-15/h2-10,17,21H,11H2,1H3,(H2,19,20,22). The molecule has 0 bridgehead atoms. The van der Waals surface area contributed by atoms with E-state index in [1.165, 1.54) is 17.6 Å². The number of rotatable bonds is 6. The van der Waals surface area contributed by atoms with Crippen LogP contribution in [0.4, 0.5) is 10.5 Å². The average Bonchev–Trinajstić information content (AvgIpc) is 3.31. The third-order valence-corrected chi connectivity index (χ3v) is 4.65. The van der Waals surface area contributed by atoms with E-state index in [-0.39, 0.29) is 6.03 Å². The molecule has 1 unspecified atom stereocenters. The first-order valence-electron chi connectivity index (χ1n) is 7.64.